The Morgan fingerprint density at radius 3 is 2.56 bits per heavy atom. The Morgan fingerprint density at radius 1 is 1.44 bits per heavy atom. The fraction of sp³-hybridized carbons (Fsp3) is 0.300. The van der Waals surface area contributed by atoms with Gasteiger partial charge in [0.05, 0.1) is 5.56 Å². The molecule has 0 aromatic carbocycles. The maximum atomic E-state index is 12.1. The number of primary amides is 1. The summed E-state index contributed by atoms with van der Waals surface area (Å²) in [5.74, 6) is -1.94. The first-order valence-electron chi connectivity index (χ1n) is 4.79. The lowest BCUT2D eigenvalue weighted by molar-refractivity contribution is -0.138. The quantitative estimate of drug-likeness (QED) is 0.874. The van der Waals surface area contributed by atoms with Crippen molar-refractivity contribution in [2.24, 2.45) is 5.73 Å². The van der Waals surface area contributed by atoms with E-state index in [2.05, 4.69) is 4.98 Å². The van der Waals surface area contributed by atoms with Crippen LogP contribution in [0.1, 0.15) is 20.8 Å². The lowest BCUT2D eigenvalue weighted by atomic mass is 10.1. The largest absolute Gasteiger partial charge is 0.406 e. The van der Waals surface area contributed by atoms with Gasteiger partial charge >= 0.3 is 6.18 Å². The number of amides is 2. The molecule has 0 unspecified atom stereocenters. The summed E-state index contributed by atoms with van der Waals surface area (Å²) in [5, 5.41) is 0. The number of carbonyl (C=O) groups is 2. The van der Waals surface area contributed by atoms with E-state index >= 15 is 0 Å². The number of pyridine rings is 1. The smallest absolute Gasteiger partial charge is 0.366 e. The Kier molecular flexibility index (Phi) is 3.89. The predicted molar refractivity (Wildman–Crippen MR) is 55.8 cm³/mol. The minimum Gasteiger partial charge on any atom is -0.366 e. The van der Waals surface area contributed by atoms with E-state index in [1.807, 2.05) is 0 Å². The number of aromatic nitrogens is 1. The molecule has 0 aliphatic heterocycles. The monoisotopic (exact) mass is 261 g/mol. The van der Waals surface area contributed by atoms with Crippen molar-refractivity contribution in [3.8, 4) is 0 Å². The van der Waals surface area contributed by atoms with Crippen LogP contribution in [0.2, 0.25) is 0 Å². The van der Waals surface area contributed by atoms with E-state index in [0.717, 1.165) is 7.05 Å². The molecule has 0 aliphatic rings. The van der Waals surface area contributed by atoms with E-state index in [-0.39, 0.29) is 5.56 Å². The third-order valence-corrected chi connectivity index (χ3v) is 2.04. The topological polar surface area (TPSA) is 76.3 Å². The molecule has 0 spiro atoms. The maximum absolute atomic E-state index is 12.1. The molecule has 98 valence electrons. The Labute approximate surface area is 100 Å². The highest BCUT2D eigenvalue weighted by molar-refractivity contribution is 6.05. The minimum atomic E-state index is -4.52. The van der Waals surface area contributed by atoms with Gasteiger partial charge in [-0.1, -0.05) is 0 Å². The van der Waals surface area contributed by atoms with E-state index in [0.29, 0.717) is 4.90 Å². The molecule has 0 bridgehead atoms. The summed E-state index contributed by atoms with van der Waals surface area (Å²) in [6.07, 6.45) is -3.33. The van der Waals surface area contributed by atoms with Crippen LogP contribution in [-0.4, -0.2) is 41.5 Å². The molecule has 0 radical (unpaired) electrons. The predicted octanol–water partition coefficient (Wildman–Crippen LogP) is 0.815. The molecule has 0 aliphatic carbocycles. The van der Waals surface area contributed by atoms with Crippen LogP contribution in [0.25, 0.3) is 0 Å². The van der Waals surface area contributed by atoms with E-state index < -0.39 is 30.2 Å². The van der Waals surface area contributed by atoms with Crippen LogP contribution in [0.15, 0.2) is 18.3 Å². The highest BCUT2D eigenvalue weighted by Crippen LogP contribution is 2.17. The second-order valence-corrected chi connectivity index (χ2v) is 3.54. The van der Waals surface area contributed by atoms with Gasteiger partial charge in [0.15, 0.2) is 0 Å². The summed E-state index contributed by atoms with van der Waals surface area (Å²) in [5.41, 5.74) is 4.40. The molecule has 1 aromatic heterocycles. The molecule has 0 fully saturated rings. The lowest BCUT2D eigenvalue weighted by Gasteiger charge is -2.19. The van der Waals surface area contributed by atoms with E-state index in [1.54, 1.807) is 0 Å². The number of halogens is 3. The lowest BCUT2D eigenvalue weighted by Crippen LogP contribution is -2.37. The summed E-state index contributed by atoms with van der Waals surface area (Å²) in [4.78, 5) is 26.7. The molecule has 1 aromatic rings. The minimum absolute atomic E-state index is 0.212. The third kappa shape index (κ3) is 3.44. The van der Waals surface area contributed by atoms with Gasteiger partial charge < -0.3 is 10.6 Å². The highest BCUT2D eigenvalue weighted by atomic mass is 19.4. The van der Waals surface area contributed by atoms with Crippen LogP contribution in [-0.2, 0) is 0 Å². The number of hydrogen-bond donors (Lipinski definition) is 1. The molecule has 18 heavy (non-hydrogen) atoms. The van der Waals surface area contributed by atoms with Gasteiger partial charge in [0, 0.05) is 13.2 Å². The molecule has 0 saturated carbocycles. The summed E-state index contributed by atoms with van der Waals surface area (Å²) < 4.78 is 36.4. The van der Waals surface area contributed by atoms with Crippen LogP contribution in [0, 0.1) is 0 Å². The molecular weight excluding hydrogens is 251 g/mol. The van der Waals surface area contributed by atoms with Gasteiger partial charge in [0.25, 0.3) is 11.8 Å². The summed E-state index contributed by atoms with van der Waals surface area (Å²) in [6.45, 7) is -1.43. The number of rotatable bonds is 3. The molecule has 1 heterocycles. The SMILES string of the molecule is CN(CC(F)(F)F)C(=O)c1ncccc1C(N)=O. The average Bonchev–Trinajstić information content (AvgIpc) is 2.25. The molecule has 2 amide bonds. The Morgan fingerprint density at radius 2 is 2.06 bits per heavy atom. The van der Waals surface area contributed by atoms with Gasteiger partial charge in [0.1, 0.15) is 12.2 Å². The second-order valence-electron chi connectivity index (χ2n) is 3.54. The number of alkyl halides is 3. The number of carbonyl (C=O) groups excluding carboxylic acids is 2. The first-order valence-corrected chi connectivity index (χ1v) is 4.79. The van der Waals surface area contributed by atoms with Crippen LogP contribution in [0.3, 0.4) is 0 Å². The molecule has 8 heteroatoms. The average molecular weight is 261 g/mol. The van der Waals surface area contributed by atoms with Crippen molar-refractivity contribution in [1.29, 1.82) is 0 Å². The zero-order chi connectivity index (χ0) is 13.9. The third-order valence-electron chi connectivity index (χ3n) is 2.04. The maximum Gasteiger partial charge on any atom is 0.406 e. The Hall–Kier alpha value is -2.12. The van der Waals surface area contributed by atoms with Crippen LogP contribution in [0.5, 0.6) is 0 Å². The molecule has 1 rings (SSSR count). The first-order chi connectivity index (χ1) is 8.22. The van der Waals surface area contributed by atoms with Crippen LogP contribution in [0.4, 0.5) is 13.2 Å². The van der Waals surface area contributed by atoms with Gasteiger partial charge in [-0.05, 0) is 12.1 Å². The summed E-state index contributed by atoms with van der Waals surface area (Å²) in [6, 6.07) is 2.59. The van der Waals surface area contributed by atoms with Crippen molar-refractivity contribution in [2.45, 2.75) is 6.18 Å². The standard InChI is InChI=1S/C10H10F3N3O2/c1-16(5-10(11,12)13)9(18)7-6(8(14)17)3-2-4-15-7/h2-4H,5H2,1H3,(H2,14,17). The number of nitrogens with two attached hydrogens (primary N) is 1. The van der Waals surface area contributed by atoms with E-state index in [9.17, 15) is 22.8 Å². The second kappa shape index (κ2) is 5.03. The van der Waals surface area contributed by atoms with Crippen molar-refractivity contribution >= 4 is 11.8 Å². The molecule has 2 N–H and O–H groups in total. The number of hydrogen-bond acceptors (Lipinski definition) is 3. The molecule has 0 atom stereocenters. The van der Waals surface area contributed by atoms with Crippen molar-refractivity contribution in [3.05, 3.63) is 29.6 Å². The van der Waals surface area contributed by atoms with Crippen molar-refractivity contribution < 1.29 is 22.8 Å². The van der Waals surface area contributed by atoms with Gasteiger partial charge in [-0.25, -0.2) is 0 Å². The van der Waals surface area contributed by atoms with Crippen LogP contribution >= 0.6 is 0 Å². The molecule has 5 nitrogen and oxygen atoms in total. The number of nitrogens with zero attached hydrogens (tertiary/aromatic N) is 2. The van der Waals surface area contributed by atoms with Crippen molar-refractivity contribution in [3.63, 3.8) is 0 Å². The zero-order valence-corrected chi connectivity index (χ0v) is 9.36. The normalized spacial score (nSPS) is 11.1. The van der Waals surface area contributed by atoms with Crippen LogP contribution < -0.4 is 5.73 Å². The van der Waals surface area contributed by atoms with Gasteiger partial charge in [-0.3, -0.25) is 14.6 Å². The summed E-state index contributed by atoms with van der Waals surface area (Å²) in [7, 11) is 0.968. The Balaban J connectivity index is 3.01. The van der Waals surface area contributed by atoms with Crippen molar-refractivity contribution in [1.82, 2.24) is 9.88 Å². The van der Waals surface area contributed by atoms with Crippen molar-refractivity contribution in [2.75, 3.05) is 13.6 Å². The molecule has 0 saturated heterocycles. The molecular formula is C10H10F3N3O2. The fourth-order valence-corrected chi connectivity index (χ4v) is 1.30. The van der Waals surface area contributed by atoms with Gasteiger partial charge in [-0.15, -0.1) is 0 Å². The van der Waals surface area contributed by atoms with Gasteiger partial charge in [0.2, 0.25) is 0 Å². The fourth-order valence-electron chi connectivity index (χ4n) is 1.30. The summed E-state index contributed by atoms with van der Waals surface area (Å²) >= 11 is 0. The Bertz CT molecular complexity index is 474. The first kappa shape index (κ1) is 13.9. The zero-order valence-electron chi connectivity index (χ0n) is 9.36. The van der Waals surface area contributed by atoms with E-state index in [4.69, 9.17) is 5.73 Å². The van der Waals surface area contributed by atoms with Gasteiger partial charge in [-0.2, -0.15) is 13.2 Å². The van der Waals surface area contributed by atoms with E-state index in [1.165, 1.54) is 18.3 Å². The highest BCUT2D eigenvalue weighted by Gasteiger charge is 2.32.